The molecule has 3 aliphatic carbocycles. The van der Waals surface area contributed by atoms with Gasteiger partial charge in [-0.05, 0) is 73.5 Å². The maximum absolute atomic E-state index is 14.7. The van der Waals surface area contributed by atoms with E-state index in [9.17, 15) is 28.2 Å². The van der Waals surface area contributed by atoms with Crippen molar-refractivity contribution < 1.29 is 28.2 Å². The highest BCUT2D eigenvalue weighted by Gasteiger charge is 2.85. The third kappa shape index (κ3) is 5.20. The highest BCUT2D eigenvalue weighted by molar-refractivity contribution is 7.96. The molecule has 3 saturated heterocycles. The van der Waals surface area contributed by atoms with E-state index in [-0.39, 0.29) is 34.0 Å². The number of hydrogen-bond donors (Lipinski definition) is 4. The van der Waals surface area contributed by atoms with Crippen molar-refractivity contribution in [2.75, 3.05) is 26.2 Å². The molecule has 0 radical (unpaired) electrons. The molecule has 0 aromatic rings. The van der Waals surface area contributed by atoms with E-state index in [1.165, 1.54) is 0 Å². The first-order valence-electron chi connectivity index (χ1n) is 17.7. The molecule has 7 atom stereocenters. The van der Waals surface area contributed by atoms with Crippen LogP contribution in [-0.4, -0.2) is 92.6 Å². The number of piperidine rings is 1. The third-order valence-electron chi connectivity index (χ3n) is 13.2. The fraction of sp³-hybridized carbons (Fsp3) is 0.771. The Hall–Kier alpha value is -2.93. The Balaban J connectivity index is 1.28. The Labute approximate surface area is 285 Å². The van der Waals surface area contributed by atoms with Crippen molar-refractivity contribution in [1.82, 2.24) is 29.9 Å². The quantitative estimate of drug-likeness (QED) is 0.164. The lowest BCUT2D eigenvalue weighted by atomic mass is 9.73. The van der Waals surface area contributed by atoms with Crippen LogP contribution in [0.3, 0.4) is 0 Å². The first-order valence-corrected chi connectivity index (χ1v) is 19.3. The van der Waals surface area contributed by atoms with Gasteiger partial charge in [0, 0.05) is 37.5 Å². The number of carbonyl (C=O) groups excluding carboxylic acids is 5. The van der Waals surface area contributed by atoms with Crippen molar-refractivity contribution >= 4 is 45.3 Å². The van der Waals surface area contributed by atoms with Gasteiger partial charge in [0.1, 0.15) is 33.4 Å². The van der Waals surface area contributed by atoms with Gasteiger partial charge in [-0.3, -0.25) is 28.7 Å². The van der Waals surface area contributed by atoms with Crippen molar-refractivity contribution in [3.05, 3.63) is 12.7 Å². The molecule has 5 amide bonds. The van der Waals surface area contributed by atoms with Crippen molar-refractivity contribution in [2.45, 2.75) is 110 Å². The van der Waals surface area contributed by atoms with Crippen LogP contribution in [0.4, 0.5) is 0 Å². The van der Waals surface area contributed by atoms with Crippen LogP contribution in [-0.2, 0) is 33.9 Å². The molecule has 6 aliphatic rings. The van der Waals surface area contributed by atoms with Crippen molar-refractivity contribution in [3.63, 3.8) is 0 Å². The average molecular weight is 687 g/mol. The second-order valence-corrected chi connectivity index (χ2v) is 18.8. The van der Waals surface area contributed by atoms with E-state index in [0.29, 0.717) is 51.9 Å². The molecular formula is C35H54N6O6S. The van der Waals surface area contributed by atoms with E-state index in [2.05, 4.69) is 47.0 Å². The molecule has 0 bridgehead atoms. The van der Waals surface area contributed by atoms with Crippen LogP contribution in [0.15, 0.2) is 12.7 Å². The third-order valence-corrected chi connectivity index (χ3v) is 14.9. The predicted octanol–water partition coefficient (Wildman–Crippen LogP) is 1.66. The molecule has 48 heavy (non-hydrogen) atoms. The average Bonchev–Trinajstić information content (AvgIpc) is 3.45. The lowest BCUT2D eigenvalue weighted by Gasteiger charge is -2.37. The highest BCUT2D eigenvalue weighted by Crippen LogP contribution is 2.88. The molecule has 2 spiro atoms. The fourth-order valence-corrected chi connectivity index (χ4v) is 11.2. The maximum Gasteiger partial charge on any atom is 0.258 e. The van der Waals surface area contributed by atoms with Gasteiger partial charge in [0.05, 0.1) is 0 Å². The zero-order chi connectivity index (χ0) is 35.1. The number of nitrogens with zero attached hydrogens (tertiary/aromatic N) is 2. The van der Waals surface area contributed by atoms with Crippen LogP contribution in [0, 0.1) is 33.5 Å². The minimum atomic E-state index is -3.09. The summed E-state index contributed by atoms with van der Waals surface area (Å²) in [5.41, 5.74) is -2.42. The van der Waals surface area contributed by atoms with Crippen LogP contribution < -0.4 is 20.7 Å². The van der Waals surface area contributed by atoms with Gasteiger partial charge >= 0.3 is 0 Å². The van der Waals surface area contributed by atoms with Crippen LogP contribution >= 0.6 is 0 Å². The minimum absolute atomic E-state index is 0.0294. The predicted molar refractivity (Wildman–Crippen MR) is 183 cm³/mol. The Kier molecular flexibility index (Phi) is 8.41. The Morgan fingerprint density at radius 1 is 1.02 bits per heavy atom. The van der Waals surface area contributed by atoms with Crippen molar-refractivity contribution in [2.24, 2.45) is 33.5 Å². The van der Waals surface area contributed by atoms with Gasteiger partial charge in [0.25, 0.3) is 5.91 Å². The smallest absolute Gasteiger partial charge is 0.258 e. The molecule has 266 valence electrons. The number of carbonyl (C=O) groups is 5. The van der Waals surface area contributed by atoms with Crippen LogP contribution in [0.2, 0.25) is 0 Å². The maximum atomic E-state index is 14.7. The van der Waals surface area contributed by atoms with Crippen molar-refractivity contribution in [3.8, 4) is 0 Å². The van der Waals surface area contributed by atoms with Crippen LogP contribution in [0.5, 0.6) is 0 Å². The number of nitrogens with one attached hydrogen (secondary N) is 4. The van der Waals surface area contributed by atoms with Gasteiger partial charge in [-0.2, -0.15) is 0 Å². The van der Waals surface area contributed by atoms with E-state index in [4.69, 9.17) is 0 Å². The molecule has 0 aromatic carbocycles. The summed E-state index contributed by atoms with van der Waals surface area (Å²) < 4.78 is 17.8. The number of hydrogen-bond acceptors (Lipinski definition) is 6. The first-order chi connectivity index (χ1) is 22.4. The van der Waals surface area contributed by atoms with Gasteiger partial charge in [-0.1, -0.05) is 47.1 Å². The molecule has 6 fully saturated rings. The normalized spacial score (nSPS) is 35.1. The topological polar surface area (TPSA) is 157 Å². The lowest BCUT2D eigenvalue weighted by Crippen LogP contribution is -2.61. The lowest BCUT2D eigenvalue weighted by molar-refractivity contribution is -0.146. The summed E-state index contributed by atoms with van der Waals surface area (Å²) in [5.74, 6) is 0.365. The molecule has 12 nitrogen and oxygen atoms in total. The summed E-state index contributed by atoms with van der Waals surface area (Å²) in [7, 11) is -3.09. The number of fused-ring (bicyclic) bond motifs is 1. The zero-order valence-electron chi connectivity index (χ0n) is 29.2. The van der Waals surface area contributed by atoms with E-state index in [1.807, 2.05) is 20.8 Å². The van der Waals surface area contributed by atoms with E-state index in [0.717, 1.165) is 32.1 Å². The largest absolute Gasteiger partial charge is 0.355 e. The molecule has 3 aliphatic heterocycles. The van der Waals surface area contributed by atoms with Gasteiger partial charge < -0.3 is 20.9 Å². The summed E-state index contributed by atoms with van der Waals surface area (Å²) in [6.07, 6.45) is 8.36. The zero-order valence-corrected chi connectivity index (χ0v) is 30.1. The SMILES string of the molecule is C=C[C@@H]1C[C@]1(NC(=O)C1C[C@@]2(CN1C(=O)[C@@H](NC(=O)C1CCCNC1=O)C(C)(C)C)C(C)(C)C21CCC1)C(=O)NS(=C)(=O)N1CCCC1. The van der Waals surface area contributed by atoms with Crippen LogP contribution in [0.25, 0.3) is 0 Å². The van der Waals surface area contributed by atoms with Gasteiger partial charge in [0.15, 0.2) is 0 Å². The van der Waals surface area contributed by atoms with Crippen molar-refractivity contribution in [1.29, 1.82) is 0 Å². The summed E-state index contributed by atoms with van der Waals surface area (Å²) in [5, 5.41) is 8.67. The van der Waals surface area contributed by atoms with E-state index in [1.54, 1.807) is 15.3 Å². The van der Waals surface area contributed by atoms with E-state index >= 15 is 0 Å². The summed E-state index contributed by atoms with van der Waals surface area (Å²) in [6, 6.07) is -1.87. The number of amides is 5. The molecule has 4 N–H and O–H groups in total. The molecule has 6 rings (SSSR count). The molecule has 0 aromatic heterocycles. The van der Waals surface area contributed by atoms with Gasteiger partial charge in [0.2, 0.25) is 23.6 Å². The molecule has 13 heteroatoms. The Morgan fingerprint density at radius 3 is 2.21 bits per heavy atom. The number of rotatable bonds is 9. The molecule has 3 saturated carbocycles. The Morgan fingerprint density at radius 2 is 1.69 bits per heavy atom. The van der Waals surface area contributed by atoms with E-state index < -0.39 is 56.6 Å². The first kappa shape index (κ1) is 34.9. The number of likely N-dealkylation sites (tertiary alicyclic amines) is 1. The monoisotopic (exact) mass is 686 g/mol. The second-order valence-electron chi connectivity index (χ2n) is 16.8. The van der Waals surface area contributed by atoms with Gasteiger partial charge in [-0.25, -0.2) is 8.51 Å². The Bertz CT molecular complexity index is 1530. The fourth-order valence-electron chi connectivity index (χ4n) is 9.76. The minimum Gasteiger partial charge on any atom is -0.355 e. The molecule has 3 unspecified atom stereocenters. The second kappa shape index (κ2) is 11.6. The molecule has 3 heterocycles. The highest BCUT2D eigenvalue weighted by atomic mass is 32.2. The molecular weight excluding hydrogens is 632 g/mol. The summed E-state index contributed by atoms with van der Waals surface area (Å²) in [6.45, 7) is 15.9. The summed E-state index contributed by atoms with van der Waals surface area (Å²) in [4.78, 5) is 70.6. The van der Waals surface area contributed by atoms with Crippen LogP contribution in [0.1, 0.15) is 92.4 Å². The van der Waals surface area contributed by atoms with Gasteiger partial charge in [-0.15, -0.1) is 6.58 Å². The summed E-state index contributed by atoms with van der Waals surface area (Å²) >= 11 is 0. The standard InChI is InChI=1S/C35H54N6O6S/c1-8-22-19-35(22,30(46)39-48(7,47)40-17-9-10-18-40)38-28(44)24-20-34(32(5,6)33(34)14-12-15-33)21-41(24)29(45)25(31(2,3)4)37-27(43)23-13-11-16-36-26(23)42/h8,22-25H,1,7,9-21H2,2-6H3,(H,36,42)(H,37,43)(H,38,44)(H,39,46,47)/t22-,23?,24?,25-,34-,35-,48?/m1/s1.